The Kier molecular flexibility index (Phi) is 19.4. The average molecular weight is 509 g/mol. The van der Waals surface area contributed by atoms with Crippen molar-refractivity contribution < 1.29 is 10.0 Å². The molecule has 1 aromatic heterocycles. The SMILES string of the molecule is C=CCN/C=C(/CCNCc1nc(C2CC=C(CC(=O)NO)S2)cs1)C(C)C=C.CC.CCC. The molecule has 6 nitrogen and oxygen atoms in total. The maximum Gasteiger partial charge on any atom is 0.248 e. The predicted molar refractivity (Wildman–Crippen MR) is 149 cm³/mol. The van der Waals surface area contributed by atoms with Gasteiger partial charge >= 0.3 is 0 Å². The summed E-state index contributed by atoms with van der Waals surface area (Å²) in [5.74, 6) is -0.0546. The van der Waals surface area contributed by atoms with Gasteiger partial charge in [-0.25, -0.2) is 10.5 Å². The molecular weight excluding hydrogens is 464 g/mol. The van der Waals surface area contributed by atoms with Gasteiger partial charge in [0.2, 0.25) is 5.91 Å². The van der Waals surface area contributed by atoms with Crippen molar-refractivity contribution in [1.82, 2.24) is 21.1 Å². The number of hydroxylamine groups is 1. The number of nitrogens with zero attached hydrogens (tertiary/aromatic N) is 1. The van der Waals surface area contributed by atoms with E-state index >= 15 is 0 Å². The topological polar surface area (TPSA) is 86.3 Å². The molecule has 1 aliphatic heterocycles. The molecule has 0 spiro atoms. The fourth-order valence-electron chi connectivity index (χ4n) is 2.85. The Bertz CT molecular complexity index is 775. The Morgan fingerprint density at radius 2 is 2.06 bits per heavy atom. The van der Waals surface area contributed by atoms with Gasteiger partial charge in [0, 0.05) is 18.5 Å². The van der Waals surface area contributed by atoms with Crippen LogP contribution in [0.4, 0.5) is 0 Å². The maximum absolute atomic E-state index is 11.3. The number of hydrogen-bond acceptors (Lipinski definition) is 7. The van der Waals surface area contributed by atoms with Crippen LogP contribution in [0.1, 0.15) is 76.3 Å². The second-order valence-electron chi connectivity index (χ2n) is 7.46. The normalized spacial score (nSPS) is 15.6. The molecule has 4 N–H and O–H groups in total. The average Bonchev–Trinajstić information content (AvgIpc) is 3.51. The molecule has 0 bridgehead atoms. The lowest BCUT2D eigenvalue weighted by Gasteiger charge is -2.13. The molecule has 192 valence electrons. The molecule has 0 radical (unpaired) electrons. The number of nitrogens with one attached hydrogen (secondary N) is 3. The van der Waals surface area contributed by atoms with Crippen LogP contribution in [0.15, 0.2) is 53.4 Å². The van der Waals surface area contributed by atoms with E-state index in [1.807, 2.05) is 26.0 Å². The van der Waals surface area contributed by atoms with Gasteiger partial charge in [-0.1, -0.05) is 59.3 Å². The number of thiazole rings is 1. The first-order valence-electron chi connectivity index (χ1n) is 12.1. The van der Waals surface area contributed by atoms with E-state index in [0.717, 1.165) is 48.1 Å². The fraction of sp³-hybridized carbons (Fsp3) is 0.538. The van der Waals surface area contributed by atoms with Gasteiger partial charge in [-0.3, -0.25) is 10.0 Å². The van der Waals surface area contributed by atoms with Crippen LogP contribution in [-0.2, 0) is 11.3 Å². The summed E-state index contributed by atoms with van der Waals surface area (Å²) in [4.78, 5) is 17.0. The van der Waals surface area contributed by atoms with E-state index in [9.17, 15) is 4.79 Å². The Hall–Kier alpha value is -1.87. The third-order valence-electron chi connectivity index (χ3n) is 4.57. The van der Waals surface area contributed by atoms with E-state index in [1.54, 1.807) is 28.6 Å². The lowest BCUT2D eigenvalue weighted by molar-refractivity contribution is -0.128. The number of rotatable bonds is 13. The molecule has 0 saturated carbocycles. The van der Waals surface area contributed by atoms with Crippen molar-refractivity contribution in [3.63, 3.8) is 0 Å². The molecule has 2 rings (SSSR count). The van der Waals surface area contributed by atoms with Gasteiger partial charge in [0.05, 0.1) is 17.4 Å². The highest BCUT2D eigenvalue weighted by atomic mass is 32.2. The van der Waals surface area contributed by atoms with Crippen molar-refractivity contribution in [2.45, 2.75) is 72.1 Å². The molecule has 2 atom stereocenters. The Morgan fingerprint density at radius 1 is 1.35 bits per heavy atom. The smallest absolute Gasteiger partial charge is 0.248 e. The highest BCUT2D eigenvalue weighted by Crippen LogP contribution is 2.44. The lowest BCUT2D eigenvalue weighted by atomic mass is 9.99. The van der Waals surface area contributed by atoms with Crippen molar-refractivity contribution in [2.24, 2.45) is 5.92 Å². The molecule has 0 saturated heterocycles. The third kappa shape index (κ3) is 13.1. The van der Waals surface area contributed by atoms with Crippen LogP contribution in [0.2, 0.25) is 0 Å². The summed E-state index contributed by atoms with van der Waals surface area (Å²) in [7, 11) is 0. The van der Waals surface area contributed by atoms with Gasteiger partial charge < -0.3 is 10.6 Å². The van der Waals surface area contributed by atoms with Crippen molar-refractivity contribution in [2.75, 3.05) is 13.1 Å². The first-order chi connectivity index (χ1) is 16.5. The Labute approximate surface area is 215 Å². The third-order valence-corrected chi connectivity index (χ3v) is 6.77. The maximum atomic E-state index is 11.3. The predicted octanol–water partition coefficient (Wildman–Crippen LogP) is 6.50. The molecule has 2 unspecified atom stereocenters. The minimum absolute atomic E-state index is 0.219. The summed E-state index contributed by atoms with van der Waals surface area (Å²) in [6.07, 6.45) is 11.2. The number of thioether (sulfide) groups is 1. The first kappa shape index (κ1) is 32.1. The van der Waals surface area contributed by atoms with E-state index in [0.29, 0.717) is 5.92 Å². The van der Waals surface area contributed by atoms with Crippen LogP contribution >= 0.6 is 23.1 Å². The van der Waals surface area contributed by atoms with E-state index in [-0.39, 0.29) is 17.6 Å². The van der Waals surface area contributed by atoms with Gasteiger partial charge in [-0.05, 0) is 42.0 Å². The lowest BCUT2D eigenvalue weighted by Crippen LogP contribution is -2.18. The summed E-state index contributed by atoms with van der Waals surface area (Å²) in [6, 6.07) is 0. The Balaban J connectivity index is 0.00000201. The van der Waals surface area contributed by atoms with Crippen LogP contribution in [-0.4, -0.2) is 29.2 Å². The van der Waals surface area contributed by atoms with Gasteiger partial charge in [0.25, 0.3) is 0 Å². The summed E-state index contributed by atoms with van der Waals surface area (Å²) in [6.45, 7) is 20.4. The molecule has 0 fully saturated rings. The largest absolute Gasteiger partial charge is 0.387 e. The van der Waals surface area contributed by atoms with Crippen molar-refractivity contribution in [1.29, 1.82) is 0 Å². The van der Waals surface area contributed by atoms with Gasteiger partial charge in [0.1, 0.15) is 5.01 Å². The number of hydrogen-bond donors (Lipinski definition) is 4. The zero-order chi connectivity index (χ0) is 25.8. The van der Waals surface area contributed by atoms with Crippen molar-refractivity contribution >= 4 is 29.0 Å². The fourth-order valence-corrected chi connectivity index (χ4v) is 4.96. The molecule has 0 aliphatic carbocycles. The summed E-state index contributed by atoms with van der Waals surface area (Å²) >= 11 is 3.31. The van der Waals surface area contributed by atoms with E-state index in [1.165, 1.54) is 12.0 Å². The van der Waals surface area contributed by atoms with Crippen LogP contribution in [0, 0.1) is 5.92 Å². The standard InChI is InChI=1S/C21H30N4O2S2.C3H8.C2H6/c1-4-9-22-12-16(15(3)5-2)8-10-23-13-21-24-18(14-28-21)19-7-6-17(29-19)11-20(26)25-27;1-3-2;1-2/h4-6,12,14-15,19,22-23,27H,1-2,7-11,13H2,3H3,(H,25,26);3H2,1-2H3;1-2H3/b16-12-;;. The van der Waals surface area contributed by atoms with Crippen LogP contribution in [0.3, 0.4) is 0 Å². The highest BCUT2D eigenvalue weighted by Gasteiger charge is 2.23. The molecule has 1 amide bonds. The van der Waals surface area contributed by atoms with Crippen LogP contribution < -0.4 is 16.1 Å². The molecule has 1 aromatic rings. The second-order valence-corrected chi connectivity index (χ2v) is 9.74. The van der Waals surface area contributed by atoms with Crippen LogP contribution in [0.5, 0.6) is 0 Å². The van der Waals surface area contributed by atoms with Crippen molar-refractivity contribution in [3.8, 4) is 0 Å². The summed E-state index contributed by atoms with van der Waals surface area (Å²) in [5.41, 5.74) is 4.04. The summed E-state index contributed by atoms with van der Waals surface area (Å²) in [5, 5.41) is 18.8. The molecule has 0 aromatic carbocycles. The zero-order valence-electron chi connectivity index (χ0n) is 21.5. The molecule has 2 heterocycles. The number of carbonyl (C=O) groups is 1. The van der Waals surface area contributed by atoms with Gasteiger partial charge in [0.15, 0.2) is 0 Å². The van der Waals surface area contributed by atoms with E-state index < -0.39 is 0 Å². The zero-order valence-corrected chi connectivity index (χ0v) is 23.2. The van der Waals surface area contributed by atoms with E-state index in [4.69, 9.17) is 10.2 Å². The number of allylic oxidation sites excluding steroid dienone is 2. The first-order valence-corrected chi connectivity index (χ1v) is 13.8. The summed E-state index contributed by atoms with van der Waals surface area (Å²) < 4.78 is 0. The van der Waals surface area contributed by atoms with E-state index in [2.05, 4.69) is 62.2 Å². The molecule has 34 heavy (non-hydrogen) atoms. The number of aromatic nitrogens is 1. The number of amides is 1. The molecule has 1 aliphatic rings. The van der Waals surface area contributed by atoms with Gasteiger partial charge in [-0.2, -0.15) is 0 Å². The molecule has 8 heteroatoms. The highest BCUT2D eigenvalue weighted by molar-refractivity contribution is 8.03. The number of carbonyl (C=O) groups excluding carboxylic acids is 1. The minimum atomic E-state index is -0.383. The minimum Gasteiger partial charge on any atom is -0.387 e. The van der Waals surface area contributed by atoms with Crippen molar-refractivity contribution in [3.05, 3.63) is 64.1 Å². The quantitative estimate of drug-likeness (QED) is 0.105. The Morgan fingerprint density at radius 3 is 2.68 bits per heavy atom. The van der Waals surface area contributed by atoms with Gasteiger partial charge in [-0.15, -0.1) is 36.3 Å². The monoisotopic (exact) mass is 508 g/mol. The van der Waals surface area contributed by atoms with Crippen LogP contribution in [0.25, 0.3) is 0 Å². The second kappa shape index (κ2) is 20.5. The molecular formula is C26H44N4O2S2.